The van der Waals surface area contributed by atoms with Gasteiger partial charge >= 0.3 is 0 Å². The third-order valence-corrected chi connectivity index (χ3v) is 6.43. The Labute approximate surface area is 187 Å². The summed E-state index contributed by atoms with van der Waals surface area (Å²) in [5.41, 5.74) is 2.50. The highest BCUT2D eigenvalue weighted by atomic mass is 16.5. The van der Waals surface area contributed by atoms with Crippen LogP contribution >= 0.6 is 0 Å². The second-order valence-corrected chi connectivity index (χ2v) is 8.62. The summed E-state index contributed by atoms with van der Waals surface area (Å²) >= 11 is 0. The monoisotopic (exact) mass is 432 g/mol. The summed E-state index contributed by atoms with van der Waals surface area (Å²) in [6, 6.07) is 6.36. The van der Waals surface area contributed by atoms with E-state index in [1.165, 1.54) is 31.5 Å². The second-order valence-electron chi connectivity index (χ2n) is 8.62. The van der Waals surface area contributed by atoms with Crippen LogP contribution in [0.25, 0.3) is 0 Å². The lowest BCUT2D eigenvalue weighted by Crippen LogP contribution is -2.58. The van der Waals surface area contributed by atoms with Crippen molar-refractivity contribution in [2.24, 2.45) is 4.99 Å². The molecular formula is C24H40N4O3. The van der Waals surface area contributed by atoms with Gasteiger partial charge < -0.3 is 24.8 Å². The van der Waals surface area contributed by atoms with Gasteiger partial charge in [0.2, 0.25) is 0 Å². The van der Waals surface area contributed by atoms with Crippen molar-refractivity contribution >= 4 is 5.96 Å². The van der Waals surface area contributed by atoms with Gasteiger partial charge in [-0.25, -0.2) is 0 Å². The molecule has 2 N–H and O–H groups in total. The van der Waals surface area contributed by atoms with Gasteiger partial charge in [0.1, 0.15) is 5.75 Å². The largest absolute Gasteiger partial charge is 0.493 e. The number of ether oxygens (including phenoxy) is 3. The predicted octanol–water partition coefficient (Wildman–Crippen LogP) is 2.72. The summed E-state index contributed by atoms with van der Waals surface area (Å²) in [5, 5.41) is 7.08. The number of aliphatic imine (C=N–C) groups is 1. The number of nitrogens with one attached hydrogen (secondary N) is 2. The molecule has 3 rings (SSSR count). The Kier molecular flexibility index (Phi) is 9.43. The molecule has 1 aromatic rings. The first kappa shape index (κ1) is 23.8. The third kappa shape index (κ3) is 6.82. The number of aryl methyl sites for hydroxylation is 1. The van der Waals surface area contributed by atoms with Crippen LogP contribution in [-0.2, 0) is 16.0 Å². The standard InChI is InChI=1S/C24H40N4O3/c1-20-7-8-21(22(17-20)31-14-6-13-29-3)18-26-23(25-2)27-19-24(9-15-30-16-10-24)28-11-4-5-12-28/h7-8,17H,4-6,9-16,18-19H2,1-3H3,(H2,25,26,27). The zero-order chi connectivity index (χ0) is 21.9. The van der Waals surface area contributed by atoms with Crippen molar-refractivity contribution in [2.75, 3.05) is 60.2 Å². The number of hydrogen-bond acceptors (Lipinski definition) is 5. The fourth-order valence-electron chi connectivity index (χ4n) is 4.52. The van der Waals surface area contributed by atoms with Crippen LogP contribution in [0, 0.1) is 6.92 Å². The number of rotatable bonds is 10. The molecule has 0 aromatic heterocycles. The fourth-order valence-corrected chi connectivity index (χ4v) is 4.52. The van der Waals surface area contributed by atoms with Crippen LogP contribution in [0.4, 0.5) is 0 Å². The number of nitrogens with zero attached hydrogens (tertiary/aromatic N) is 2. The Bertz CT molecular complexity index is 698. The second kappa shape index (κ2) is 12.3. The molecule has 2 aliphatic heterocycles. The van der Waals surface area contributed by atoms with E-state index in [-0.39, 0.29) is 5.54 Å². The molecule has 31 heavy (non-hydrogen) atoms. The van der Waals surface area contributed by atoms with Gasteiger partial charge in [0.25, 0.3) is 0 Å². The van der Waals surface area contributed by atoms with Crippen LogP contribution in [0.5, 0.6) is 5.75 Å². The van der Waals surface area contributed by atoms with E-state index in [0.29, 0.717) is 19.8 Å². The van der Waals surface area contributed by atoms with Crippen molar-refractivity contribution in [3.63, 3.8) is 0 Å². The van der Waals surface area contributed by atoms with E-state index in [9.17, 15) is 0 Å². The van der Waals surface area contributed by atoms with E-state index in [1.807, 2.05) is 7.05 Å². The first-order chi connectivity index (χ1) is 15.2. The molecule has 1 aromatic carbocycles. The Morgan fingerprint density at radius 1 is 1.16 bits per heavy atom. The van der Waals surface area contributed by atoms with Crippen LogP contribution in [0.1, 0.15) is 43.2 Å². The highest BCUT2D eigenvalue weighted by Crippen LogP contribution is 2.30. The minimum Gasteiger partial charge on any atom is -0.493 e. The van der Waals surface area contributed by atoms with Gasteiger partial charge in [-0.3, -0.25) is 9.89 Å². The first-order valence-electron chi connectivity index (χ1n) is 11.7. The maximum absolute atomic E-state index is 6.02. The van der Waals surface area contributed by atoms with Crippen LogP contribution in [0.2, 0.25) is 0 Å². The van der Waals surface area contributed by atoms with E-state index in [4.69, 9.17) is 14.2 Å². The van der Waals surface area contributed by atoms with Crippen molar-refractivity contribution < 1.29 is 14.2 Å². The molecule has 0 atom stereocenters. The van der Waals surface area contributed by atoms with Gasteiger partial charge in [-0.15, -0.1) is 0 Å². The summed E-state index contributed by atoms with van der Waals surface area (Å²) in [4.78, 5) is 7.13. The van der Waals surface area contributed by atoms with E-state index < -0.39 is 0 Å². The average Bonchev–Trinajstić information content (AvgIpc) is 3.34. The van der Waals surface area contributed by atoms with E-state index in [2.05, 4.69) is 45.6 Å². The lowest BCUT2D eigenvalue weighted by atomic mass is 9.88. The van der Waals surface area contributed by atoms with Crippen molar-refractivity contribution in [3.05, 3.63) is 29.3 Å². The predicted molar refractivity (Wildman–Crippen MR) is 125 cm³/mol. The van der Waals surface area contributed by atoms with Crippen LogP contribution in [0.15, 0.2) is 23.2 Å². The minimum atomic E-state index is 0.172. The molecular weight excluding hydrogens is 392 g/mol. The molecule has 7 nitrogen and oxygen atoms in total. The highest BCUT2D eigenvalue weighted by molar-refractivity contribution is 5.79. The van der Waals surface area contributed by atoms with Gasteiger partial charge in [0.15, 0.2) is 5.96 Å². The lowest BCUT2D eigenvalue weighted by molar-refractivity contribution is -0.0164. The summed E-state index contributed by atoms with van der Waals surface area (Å²) in [6.07, 6.45) is 5.64. The Morgan fingerprint density at radius 2 is 1.94 bits per heavy atom. The molecule has 2 fully saturated rings. The van der Waals surface area contributed by atoms with E-state index in [1.54, 1.807) is 7.11 Å². The topological polar surface area (TPSA) is 67.4 Å². The molecule has 0 amide bonds. The zero-order valence-electron chi connectivity index (χ0n) is 19.5. The number of likely N-dealkylation sites (tertiary alicyclic amines) is 1. The molecule has 7 heteroatoms. The maximum atomic E-state index is 6.02. The lowest BCUT2D eigenvalue weighted by Gasteiger charge is -2.45. The fraction of sp³-hybridized carbons (Fsp3) is 0.708. The normalized spacial score (nSPS) is 19.4. The van der Waals surface area contributed by atoms with Crippen molar-refractivity contribution in [1.29, 1.82) is 0 Å². The van der Waals surface area contributed by atoms with Crippen molar-refractivity contribution in [3.8, 4) is 5.75 Å². The summed E-state index contributed by atoms with van der Waals surface area (Å²) in [7, 11) is 3.55. The van der Waals surface area contributed by atoms with Gasteiger partial charge in [-0.1, -0.05) is 12.1 Å². The Morgan fingerprint density at radius 3 is 2.65 bits per heavy atom. The zero-order valence-corrected chi connectivity index (χ0v) is 19.5. The molecule has 2 saturated heterocycles. The molecule has 0 radical (unpaired) electrons. The quantitative estimate of drug-likeness (QED) is 0.337. The molecule has 0 bridgehead atoms. The number of benzene rings is 1. The Hall–Kier alpha value is -1.83. The summed E-state index contributed by atoms with van der Waals surface area (Å²) < 4.78 is 16.8. The van der Waals surface area contributed by atoms with Crippen LogP contribution in [-0.4, -0.2) is 76.6 Å². The maximum Gasteiger partial charge on any atom is 0.191 e. The molecule has 0 unspecified atom stereocenters. The molecule has 2 heterocycles. The van der Waals surface area contributed by atoms with Crippen molar-refractivity contribution in [1.82, 2.24) is 15.5 Å². The smallest absolute Gasteiger partial charge is 0.191 e. The van der Waals surface area contributed by atoms with E-state index in [0.717, 1.165) is 56.3 Å². The molecule has 0 aliphatic carbocycles. The van der Waals surface area contributed by atoms with Crippen LogP contribution in [0.3, 0.4) is 0 Å². The number of methoxy groups -OCH3 is 1. The molecule has 2 aliphatic rings. The molecule has 0 saturated carbocycles. The number of hydrogen-bond donors (Lipinski definition) is 2. The van der Waals surface area contributed by atoms with Gasteiger partial charge in [-0.05, 0) is 57.3 Å². The number of guanidine groups is 1. The van der Waals surface area contributed by atoms with Crippen molar-refractivity contribution in [2.45, 2.75) is 51.1 Å². The summed E-state index contributed by atoms with van der Waals surface area (Å²) in [5.74, 6) is 1.76. The van der Waals surface area contributed by atoms with Gasteiger partial charge in [-0.2, -0.15) is 0 Å². The SMILES string of the molecule is CN=C(NCc1ccc(C)cc1OCCCOC)NCC1(N2CCCC2)CCOCC1. The average molecular weight is 433 g/mol. The first-order valence-corrected chi connectivity index (χ1v) is 11.7. The third-order valence-electron chi connectivity index (χ3n) is 6.43. The molecule has 0 spiro atoms. The Balaban J connectivity index is 1.56. The highest BCUT2D eigenvalue weighted by Gasteiger charge is 2.39. The summed E-state index contributed by atoms with van der Waals surface area (Å²) in [6.45, 7) is 9.09. The van der Waals surface area contributed by atoms with Gasteiger partial charge in [0, 0.05) is 64.6 Å². The molecule has 174 valence electrons. The van der Waals surface area contributed by atoms with Gasteiger partial charge in [0.05, 0.1) is 6.61 Å². The minimum absolute atomic E-state index is 0.172. The van der Waals surface area contributed by atoms with E-state index >= 15 is 0 Å². The van der Waals surface area contributed by atoms with Crippen LogP contribution < -0.4 is 15.4 Å².